The van der Waals surface area contributed by atoms with Gasteiger partial charge in [0.15, 0.2) is 17.3 Å². The second-order valence-corrected chi connectivity index (χ2v) is 8.10. The molecule has 0 radical (unpaired) electrons. The van der Waals surface area contributed by atoms with Gasteiger partial charge in [0, 0.05) is 23.1 Å². The molecule has 0 spiro atoms. The summed E-state index contributed by atoms with van der Waals surface area (Å²) in [4.78, 5) is 25.4. The first kappa shape index (κ1) is 23.7. The summed E-state index contributed by atoms with van der Waals surface area (Å²) in [6.45, 7) is 3.22. The molecule has 0 saturated carbocycles. The van der Waals surface area contributed by atoms with Crippen LogP contribution in [0.25, 0.3) is 22.3 Å². The predicted molar refractivity (Wildman–Crippen MR) is 124 cm³/mol. The standard InChI is InChI=1S/C25H22O10/c1-2-11(3-5-13(27)10-26)14-8-19(31)34-18-9-17(30)21-22(32)23(33)24(35-25(21)20(14)18)12-4-6-15(28)16(29)7-12/h2,4-7,9,11,14,26-30,33H,1,3,8,10H2/b13-5+/t11?,14-/m1/s1. The highest BCUT2D eigenvalue weighted by Gasteiger charge is 2.36. The molecule has 2 heterocycles. The minimum atomic E-state index is -0.960. The first-order valence-corrected chi connectivity index (χ1v) is 10.6. The first-order valence-electron chi connectivity index (χ1n) is 10.6. The zero-order valence-electron chi connectivity index (χ0n) is 18.3. The van der Waals surface area contributed by atoms with Gasteiger partial charge in [-0.05, 0) is 36.6 Å². The van der Waals surface area contributed by atoms with E-state index in [4.69, 9.17) is 14.3 Å². The van der Waals surface area contributed by atoms with Crippen LogP contribution >= 0.6 is 0 Å². The van der Waals surface area contributed by atoms with E-state index in [1.54, 1.807) is 6.08 Å². The predicted octanol–water partition coefficient (Wildman–Crippen LogP) is 3.30. The van der Waals surface area contributed by atoms with Crippen molar-refractivity contribution in [2.75, 3.05) is 6.61 Å². The quantitative estimate of drug-likeness (QED) is 0.100. The van der Waals surface area contributed by atoms with Crippen LogP contribution in [0.5, 0.6) is 28.7 Å². The van der Waals surface area contributed by atoms with Crippen LogP contribution in [0.1, 0.15) is 24.3 Å². The Morgan fingerprint density at radius 2 is 1.86 bits per heavy atom. The Morgan fingerprint density at radius 3 is 2.51 bits per heavy atom. The van der Waals surface area contributed by atoms with Gasteiger partial charge in [-0.2, -0.15) is 0 Å². The molecule has 2 aromatic carbocycles. The van der Waals surface area contributed by atoms with Crippen molar-refractivity contribution in [3.8, 4) is 40.1 Å². The molecule has 0 bridgehead atoms. The van der Waals surface area contributed by atoms with Gasteiger partial charge in [-0.15, -0.1) is 6.58 Å². The van der Waals surface area contributed by atoms with Gasteiger partial charge in [0.25, 0.3) is 0 Å². The van der Waals surface area contributed by atoms with E-state index in [0.29, 0.717) is 0 Å². The van der Waals surface area contributed by atoms with Crippen molar-refractivity contribution >= 4 is 16.9 Å². The molecular weight excluding hydrogens is 460 g/mol. The van der Waals surface area contributed by atoms with Crippen LogP contribution in [0, 0.1) is 5.92 Å². The van der Waals surface area contributed by atoms with Crippen LogP contribution in [-0.2, 0) is 4.79 Å². The molecule has 10 nitrogen and oxygen atoms in total. The topological polar surface area (TPSA) is 178 Å². The lowest BCUT2D eigenvalue weighted by Gasteiger charge is -2.30. The van der Waals surface area contributed by atoms with Crippen LogP contribution in [0.15, 0.2) is 58.0 Å². The minimum absolute atomic E-state index is 0.0493. The number of benzene rings is 2. The number of esters is 1. The number of hydrogen-bond donors (Lipinski definition) is 6. The van der Waals surface area contributed by atoms with Gasteiger partial charge in [0.1, 0.15) is 28.2 Å². The Labute approximate surface area is 197 Å². The fraction of sp³-hybridized carbons (Fsp3) is 0.200. The van der Waals surface area contributed by atoms with Crippen molar-refractivity contribution in [1.82, 2.24) is 0 Å². The third-order valence-electron chi connectivity index (χ3n) is 5.95. The van der Waals surface area contributed by atoms with E-state index in [-0.39, 0.29) is 52.2 Å². The largest absolute Gasteiger partial charge is 0.510 e. The summed E-state index contributed by atoms with van der Waals surface area (Å²) in [5.74, 6) is -4.76. The van der Waals surface area contributed by atoms with Crippen molar-refractivity contribution < 1.29 is 44.6 Å². The molecule has 1 aliphatic rings. The fourth-order valence-electron chi connectivity index (χ4n) is 4.20. The monoisotopic (exact) mass is 482 g/mol. The highest BCUT2D eigenvalue weighted by Crippen LogP contribution is 2.48. The lowest BCUT2D eigenvalue weighted by Crippen LogP contribution is -2.25. The zero-order chi connectivity index (χ0) is 25.4. The van der Waals surface area contributed by atoms with Crippen LogP contribution < -0.4 is 10.2 Å². The molecule has 1 aliphatic heterocycles. The first-order chi connectivity index (χ1) is 16.7. The molecule has 0 saturated heterocycles. The molecule has 0 aliphatic carbocycles. The van der Waals surface area contributed by atoms with Crippen LogP contribution in [0.2, 0.25) is 0 Å². The maximum absolute atomic E-state index is 13.1. The highest BCUT2D eigenvalue weighted by molar-refractivity contribution is 5.94. The number of phenolic OH excluding ortho intramolecular Hbond substituents is 3. The Morgan fingerprint density at radius 1 is 1.11 bits per heavy atom. The van der Waals surface area contributed by atoms with Crippen molar-refractivity contribution in [1.29, 1.82) is 0 Å². The Bertz CT molecular complexity index is 1430. The summed E-state index contributed by atoms with van der Waals surface area (Å²) in [6, 6.07) is 4.62. The number of ether oxygens (including phenoxy) is 1. The minimum Gasteiger partial charge on any atom is -0.510 e. The molecule has 1 aromatic heterocycles. The summed E-state index contributed by atoms with van der Waals surface area (Å²) in [5, 5.41) is 58.9. The van der Waals surface area contributed by atoms with E-state index in [0.717, 1.165) is 18.2 Å². The third kappa shape index (κ3) is 4.15. The highest BCUT2D eigenvalue weighted by atomic mass is 16.5. The summed E-state index contributed by atoms with van der Waals surface area (Å²) in [5.41, 5.74) is -0.780. The number of rotatable bonds is 6. The molecule has 1 unspecified atom stereocenters. The third-order valence-corrected chi connectivity index (χ3v) is 5.95. The zero-order valence-corrected chi connectivity index (χ0v) is 18.3. The second kappa shape index (κ2) is 9.07. The molecule has 3 aromatic rings. The SMILES string of the molecule is C=CC(C/C=C(/O)CO)[C@H]1CC(=O)Oc2cc(O)c3c(=O)c(O)c(-c4ccc(O)c(O)c4)oc3c21. The molecule has 4 rings (SSSR count). The molecule has 0 fully saturated rings. The van der Waals surface area contributed by atoms with Gasteiger partial charge >= 0.3 is 5.97 Å². The van der Waals surface area contributed by atoms with Crippen LogP contribution in [0.4, 0.5) is 0 Å². The Hall–Kier alpha value is -4.44. The van der Waals surface area contributed by atoms with Crippen molar-refractivity contribution in [3.63, 3.8) is 0 Å². The summed E-state index contributed by atoms with van der Waals surface area (Å²) < 4.78 is 11.2. The molecule has 6 N–H and O–H groups in total. The van der Waals surface area contributed by atoms with E-state index in [1.807, 2.05) is 0 Å². The van der Waals surface area contributed by atoms with E-state index < -0.39 is 52.8 Å². The fourth-order valence-corrected chi connectivity index (χ4v) is 4.20. The number of aliphatic hydroxyl groups excluding tert-OH is 2. The number of hydrogen-bond acceptors (Lipinski definition) is 10. The van der Waals surface area contributed by atoms with Gasteiger partial charge in [0.2, 0.25) is 11.2 Å². The van der Waals surface area contributed by atoms with Gasteiger partial charge < -0.3 is 39.8 Å². The average Bonchev–Trinajstić information content (AvgIpc) is 2.82. The maximum atomic E-state index is 13.1. The summed E-state index contributed by atoms with van der Waals surface area (Å²) in [7, 11) is 0. The van der Waals surface area contributed by atoms with Crippen molar-refractivity contribution in [3.05, 3.63) is 64.5 Å². The molecular formula is C25H22O10. The number of carbonyl (C=O) groups excluding carboxylic acids is 1. The smallest absolute Gasteiger partial charge is 0.311 e. The van der Waals surface area contributed by atoms with Gasteiger partial charge in [-0.1, -0.05) is 6.08 Å². The van der Waals surface area contributed by atoms with Crippen molar-refractivity contribution in [2.45, 2.75) is 18.8 Å². The number of aliphatic hydroxyl groups is 2. The summed E-state index contributed by atoms with van der Waals surface area (Å²) in [6.07, 6.45) is 2.96. The van der Waals surface area contributed by atoms with Gasteiger partial charge in [-0.3, -0.25) is 9.59 Å². The van der Waals surface area contributed by atoms with Gasteiger partial charge in [-0.25, -0.2) is 0 Å². The van der Waals surface area contributed by atoms with E-state index in [9.17, 15) is 35.1 Å². The Kier molecular flexibility index (Phi) is 6.14. The molecule has 2 atom stereocenters. The normalized spacial score (nSPS) is 16.5. The number of aromatic hydroxyl groups is 4. The van der Waals surface area contributed by atoms with E-state index in [1.165, 1.54) is 12.1 Å². The molecule has 0 amide bonds. The van der Waals surface area contributed by atoms with E-state index in [2.05, 4.69) is 6.58 Å². The van der Waals surface area contributed by atoms with Crippen molar-refractivity contribution in [2.24, 2.45) is 5.92 Å². The maximum Gasteiger partial charge on any atom is 0.311 e. The molecule has 10 heteroatoms. The number of fused-ring (bicyclic) bond motifs is 3. The second-order valence-electron chi connectivity index (χ2n) is 8.10. The number of phenols is 3. The average molecular weight is 482 g/mol. The van der Waals surface area contributed by atoms with Crippen LogP contribution in [-0.4, -0.2) is 43.2 Å². The van der Waals surface area contributed by atoms with Gasteiger partial charge in [0.05, 0.1) is 13.0 Å². The number of carbonyl (C=O) groups is 1. The summed E-state index contributed by atoms with van der Waals surface area (Å²) >= 11 is 0. The Balaban J connectivity index is 2.01. The van der Waals surface area contributed by atoms with Crippen LogP contribution in [0.3, 0.4) is 0 Å². The lowest BCUT2D eigenvalue weighted by atomic mass is 9.79. The molecule has 35 heavy (non-hydrogen) atoms. The molecule has 182 valence electrons. The lowest BCUT2D eigenvalue weighted by molar-refractivity contribution is -0.136. The van der Waals surface area contributed by atoms with E-state index >= 15 is 0 Å². The number of allylic oxidation sites excluding steroid dienone is 2.